The molecule has 0 bridgehead atoms. The number of methoxy groups -OCH3 is 1. The second kappa shape index (κ2) is 6.17. The average molecular weight is 301 g/mol. The van der Waals surface area contributed by atoms with Gasteiger partial charge in [-0.25, -0.2) is 0 Å². The van der Waals surface area contributed by atoms with Gasteiger partial charge < -0.3 is 4.74 Å². The lowest BCUT2D eigenvalue weighted by Gasteiger charge is -2.04. The van der Waals surface area contributed by atoms with E-state index >= 15 is 0 Å². The first-order chi connectivity index (χ1) is 8.70. The summed E-state index contributed by atoms with van der Waals surface area (Å²) in [6.07, 6.45) is 0. The second-order valence-electron chi connectivity index (χ2n) is 3.27. The molecule has 0 saturated heterocycles. The third kappa shape index (κ3) is 3.22. The Labute approximate surface area is 117 Å². The molecule has 1 aromatic carbocycles. The first kappa shape index (κ1) is 13.3. The molecular weight excluding hydrogens is 292 g/mol. The van der Waals surface area contributed by atoms with Gasteiger partial charge in [-0.2, -0.15) is 0 Å². The van der Waals surface area contributed by atoms with E-state index in [1.807, 2.05) is 0 Å². The number of hydrogen-bond acceptors (Lipinski definition) is 6. The van der Waals surface area contributed by atoms with Crippen LogP contribution in [0.2, 0.25) is 5.02 Å². The van der Waals surface area contributed by atoms with Crippen LogP contribution >= 0.6 is 34.7 Å². The zero-order valence-corrected chi connectivity index (χ0v) is 11.8. The molecule has 0 amide bonds. The standard InChI is InChI=1S/C11H9ClN2O2S2/c1-16-10-3-2-7(4-8(10)12)9(15)5-17-11-14-13-6-18-11/h2-4,6H,5H2,1H3. The Kier molecular flexibility index (Phi) is 4.57. The van der Waals surface area contributed by atoms with E-state index in [-0.39, 0.29) is 5.78 Å². The SMILES string of the molecule is COc1ccc(C(=O)CSc2nncs2)cc1Cl. The Bertz CT molecular complexity index is 546. The molecular formula is C11H9ClN2O2S2. The van der Waals surface area contributed by atoms with Crippen molar-refractivity contribution in [3.8, 4) is 5.75 Å². The van der Waals surface area contributed by atoms with Gasteiger partial charge in [-0.3, -0.25) is 4.79 Å². The van der Waals surface area contributed by atoms with Gasteiger partial charge in [-0.15, -0.1) is 10.2 Å². The molecule has 0 atom stereocenters. The molecule has 0 radical (unpaired) electrons. The highest BCUT2D eigenvalue weighted by Crippen LogP contribution is 2.26. The van der Waals surface area contributed by atoms with Crippen molar-refractivity contribution in [2.45, 2.75) is 4.34 Å². The minimum Gasteiger partial charge on any atom is -0.495 e. The molecule has 0 aliphatic carbocycles. The molecule has 4 nitrogen and oxygen atoms in total. The molecule has 94 valence electrons. The molecule has 18 heavy (non-hydrogen) atoms. The fourth-order valence-corrected chi connectivity index (χ4v) is 2.92. The van der Waals surface area contributed by atoms with Gasteiger partial charge in [0.2, 0.25) is 0 Å². The van der Waals surface area contributed by atoms with E-state index in [0.717, 1.165) is 4.34 Å². The van der Waals surface area contributed by atoms with Crippen molar-refractivity contribution in [3.05, 3.63) is 34.3 Å². The summed E-state index contributed by atoms with van der Waals surface area (Å²) in [5.74, 6) is 0.877. The topological polar surface area (TPSA) is 52.1 Å². The van der Waals surface area contributed by atoms with Crippen LogP contribution in [0.25, 0.3) is 0 Å². The maximum atomic E-state index is 11.9. The van der Waals surface area contributed by atoms with Crippen molar-refractivity contribution < 1.29 is 9.53 Å². The molecule has 0 fully saturated rings. The molecule has 2 aromatic rings. The van der Waals surface area contributed by atoms with E-state index in [1.54, 1.807) is 23.7 Å². The van der Waals surface area contributed by atoms with Crippen molar-refractivity contribution in [2.75, 3.05) is 12.9 Å². The summed E-state index contributed by atoms with van der Waals surface area (Å²) < 4.78 is 5.81. The average Bonchev–Trinajstić information content (AvgIpc) is 2.89. The van der Waals surface area contributed by atoms with E-state index in [0.29, 0.717) is 22.1 Å². The van der Waals surface area contributed by atoms with E-state index in [1.165, 1.54) is 30.2 Å². The summed E-state index contributed by atoms with van der Waals surface area (Å²) in [5.41, 5.74) is 2.20. The number of hydrogen-bond donors (Lipinski definition) is 0. The molecule has 0 unspecified atom stereocenters. The van der Waals surface area contributed by atoms with Gasteiger partial charge in [-0.05, 0) is 18.2 Å². The summed E-state index contributed by atoms with van der Waals surface area (Å²) in [5, 5.41) is 8.00. The monoisotopic (exact) mass is 300 g/mol. The lowest BCUT2D eigenvalue weighted by molar-refractivity contribution is 0.102. The normalized spacial score (nSPS) is 10.3. The lowest BCUT2D eigenvalue weighted by atomic mass is 10.1. The number of ether oxygens (including phenoxy) is 1. The zero-order chi connectivity index (χ0) is 13.0. The van der Waals surface area contributed by atoms with Crippen molar-refractivity contribution in [3.63, 3.8) is 0 Å². The quantitative estimate of drug-likeness (QED) is 0.627. The predicted octanol–water partition coefficient (Wildman–Crippen LogP) is 3.18. The first-order valence-electron chi connectivity index (χ1n) is 4.96. The summed E-state index contributed by atoms with van der Waals surface area (Å²) in [7, 11) is 1.54. The molecule has 1 aromatic heterocycles. The number of rotatable bonds is 5. The van der Waals surface area contributed by atoms with E-state index in [2.05, 4.69) is 10.2 Å². The van der Waals surface area contributed by atoms with Crippen LogP contribution < -0.4 is 4.74 Å². The number of thioether (sulfide) groups is 1. The minimum absolute atomic E-state index is 0.000229. The number of aromatic nitrogens is 2. The Morgan fingerprint density at radius 2 is 2.39 bits per heavy atom. The van der Waals surface area contributed by atoms with E-state index in [4.69, 9.17) is 16.3 Å². The number of Topliss-reactive ketones (excluding diaryl/α,β-unsaturated/α-hetero) is 1. The smallest absolute Gasteiger partial charge is 0.174 e. The number of benzene rings is 1. The maximum absolute atomic E-state index is 11.9. The van der Waals surface area contributed by atoms with E-state index in [9.17, 15) is 4.79 Å². The van der Waals surface area contributed by atoms with Crippen molar-refractivity contribution in [1.29, 1.82) is 0 Å². The number of halogens is 1. The van der Waals surface area contributed by atoms with Crippen LogP contribution in [0.1, 0.15) is 10.4 Å². The molecule has 7 heteroatoms. The predicted molar refractivity (Wildman–Crippen MR) is 73.0 cm³/mol. The Hall–Kier alpha value is -1.11. The Balaban J connectivity index is 2.02. The molecule has 0 aliphatic heterocycles. The van der Waals surface area contributed by atoms with Crippen molar-refractivity contribution in [2.24, 2.45) is 0 Å². The first-order valence-corrected chi connectivity index (χ1v) is 7.20. The molecule has 1 heterocycles. The van der Waals surface area contributed by atoms with Crippen LogP contribution in [0.15, 0.2) is 28.0 Å². The maximum Gasteiger partial charge on any atom is 0.174 e. The van der Waals surface area contributed by atoms with E-state index < -0.39 is 0 Å². The highest BCUT2D eigenvalue weighted by molar-refractivity contribution is 8.01. The van der Waals surface area contributed by atoms with Crippen LogP contribution in [0.3, 0.4) is 0 Å². The van der Waals surface area contributed by atoms with Crippen LogP contribution in [0.4, 0.5) is 0 Å². The largest absolute Gasteiger partial charge is 0.495 e. The minimum atomic E-state index is -0.000229. The second-order valence-corrected chi connectivity index (χ2v) is 5.73. The highest BCUT2D eigenvalue weighted by atomic mass is 35.5. The zero-order valence-electron chi connectivity index (χ0n) is 9.42. The molecule has 0 N–H and O–H groups in total. The number of carbonyl (C=O) groups excluding carboxylic acids is 1. The Morgan fingerprint density at radius 3 is 3.00 bits per heavy atom. The summed E-state index contributed by atoms with van der Waals surface area (Å²) in [4.78, 5) is 11.9. The summed E-state index contributed by atoms with van der Waals surface area (Å²) >= 11 is 8.75. The molecule has 0 saturated carbocycles. The summed E-state index contributed by atoms with van der Waals surface area (Å²) in [6, 6.07) is 5.00. The van der Waals surface area contributed by atoms with Gasteiger partial charge in [0.25, 0.3) is 0 Å². The van der Waals surface area contributed by atoms with Crippen LogP contribution in [-0.2, 0) is 0 Å². The fourth-order valence-electron chi connectivity index (χ4n) is 1.28. The fraction of sp³-hybridized carbons (Fsp3) is 0.182. The van der Waals surface area contributed by atoms with Crippen LogP contribution in [-0.4, -0.2) is 28.8 Å². The third-order valence-electron chi connectivity index (χ3n) is 2.14. The van der Waals surface area contributed by atoms with Gasteiger partial charge in [-0.1, -0.05) is 34.7 Å². The highest BCUT2D eigenvalue weighted by Gasteiger charge is 2.10. The van der Waals surface area contributed by atoms with Gasteiger partial charge in [0.15, 0.2) is 10.1 Å². The molecule has 2 rings (SSSR count). The van der Waals surface area contributed by atoms with Gasteiger partial charge >= 0.3 is 0 Å². The van der Waals surface area contributed by atoms with Gasteiger partial charge in [0.05, 0.1) is 17.9 Å². The van der Waals surface area contributed by atoms with Crippen LogP contribution in [0, 0.1) is 0 Å². The molecule has 0 aliphatic rings. The van der Waals surface area contributed by atoms with Crippen molar-refractivity contribution >= 4 is 40.5 Å². The number of ketones is 1. The Morgan fingerprint density at radius 1 is 1.56 bits per heavy atom. The van der Waals surface area contributed by atoms with Gasteiger partial charge in [0, 0.05) is 5.56 Å². The number of carbonyl (C=O) groups is 1. The lowest BCUT2D eigenvalue weighted by Crippen LogP contribution is -2.02. The van der Waals surface area contributed by atoms with Crippen LogP contribution in [0.5, 0.6) is 5.75 Å². The van der Waals surface area contributed by atoms with Gasteiger partial charge in [0.1, 0.15) is 11.3 Å². The third-order valence-corrected chi connectivity index (χ3v) is 4.30. The van der Waals surface area contributed by atoms with Crippen molar-refractivity contribution in [1.82, 2.24) is 10.2 Å². The number of nitrogens with zero attached hydrogens (tertiary/aromatic N) is 2. The summed E-state index contributed by atoms with van der Waals surface area (Å²) in [6.45, 7) is 0. The molecule has 0 spiro atoms.